The molecule has 4 aromatic rings. The van der Waals surface area contributed by atoms with Gasteiger partial charge in [0.05, 0.1) is 22.9 Å². The molecule has 158 valence electrons. The molecule has 4 nitrogen and oxygen atoms in total. The molecule has 0 radical (unpaired) electrons. The van der Waals surface area contributed by atoms with E-state index in [9.17, 15) is 0 Å². The first-order valence-electron chi connectivity index (χ1n) is 11.3. The summed E-state index contributed by atoms with van der Waals surface area (Å²) in [6, 6.07) is 13.4. The van der Waals surface area contributed by atoms with Crippen molar-refractivity contribution in [2.75, 3.05) is 0 Å². The van der Waals surface area contributed by atoms with Gasteiger partial charge < -0.3 is 0 Å². The van der Waals surface area contributed by atoms with Crippen LogP contribution in [0.5, 0.6) is 0 Å². The van der Waals surface area contributed by atoms with Gasteiger partial charge in [-0.2, -0.15) is 10.2 Å². The van der Waals surface area contributed by atoms with Crippen LogP contribution >= 0.6 is 0 Å². The summed E-state index contributed by atoms with van der Waals surface area (Å²) in [5, 5.41) is 11.5. The van der Waals surface area contributed by atoms with Crippen molar-refractivity contribution in [3.63, 3.8) is 0 Å². The van der Waals surface area contributed by atoms with Crippen LogP contribution in [-0.4, -0.2) is 19.6 Å². The third-order valence-electron chi connectivity index (χ3n) is 6.49. The van der Waals surface area contributed by atoms with Gasteiger partial charge in [-0.25, -0.2) is 0 Å². The Morgan fingerprint density at radius 3 is 2.30 bits per heavy atom. The summed E-state index contributed by atoms with van der Waals surface area (Å²) in [4.78, 5) is 0. The molecule has 0 amide bonds. The minimum Gasteiger partial charge on any atom is -0.268 e. The van der Waals surface area contributed by atoms with Crippen molar-refractivity contribution < 1.29 is 0 Å². The fourth-order valence-electron chi connectivity index (χ4n) is 4.05. The molecule has 2 aromatic carbocycles. The molecule has 1 aliphatic rings. The third-order valence-corrected chi connectivity index (χ3v) is 6.49. The molecular weight excluding hydrogens is 368 g/mol. The lowest BCUT2D eigenvalue weighted by Crippen LogP contribution is -1.92. The Bertz CT molecular complexity index is 1160. The second-order valence-corrected chi connectivity index (χ2v) is 9.11. The Labute approximate surface area is 179 Å². The highest BCUT2D eigenvalue weighted by Crippen LogP contribution is 2.42. The summed E-state index contributed by atoms with van der Waals surface area (Å²) in [5.41, 5.74) is 6.62. The van der Waals surface area contributed by atoms with Crippen molar-refractivity contribution in [2.24, 2.45) is 14.1 Å². The van der Waals surface area contributed by atoms with Crippen LogP contribution < -0.4 is 0 Å². The smallest absolute Gasteiger partial charge is 0.0734 e. The van der Waals surface area contributed by atoms with Crippen molar-refractivity contribution in [3.05, 3.63) is 59.4 Å². The normalized spacial score (nSPS) is 14.9. The van der Waals surface area contributed by atoms with Crippen LogP contribution in [0.2, 0.25) is 0 Å². The van der Waals surface area contributed by atoms with Crippen molar-refractivity contribution in [1.82, 2.24) is 19.6 Å². The Hall–Kier alpha value is -2.62. The van der Waals surface area contributed by atoms with Crippen LogP contribution in [0.1, 0.15) is 81.5 Å². The van der Waals surface area contributed by atoms with Gasteiger partial charge in [-0.1, -0.05) is 39.8 Å². The van der Waals surface area contributed by atoms with E-state index in [0.29, 0.717) is 11.8 Å². The molecule has 1 fully saturated rings. The summed E-state index contributed by atoms with van der Waals surface area (Å²) in [6.45, 7) is 8.97. The minimum absolute atomic E-state index is 0.594. The minimum atomic E-state index is 0.594. The van der Waals surface area contributed by atoms with Crippen LogP contribution in [0.25, 0.3) is 21.8 Å². The highest BCUT2D eigenvalue weighted by Gasteiger charge is 2.28. The number of fused-ring (bicyclic) bond motifs is 2. The lowest BCUT2D eigenvalue weighted by Gasteiger charge is -2.08. The van der Waals surface area contributed by atoms with Gasteiger partial charge in [0, 0.05) is 30.8 Å². The fourth-order valence-corrected chi connectivity index (χ4v) is 4.05. The Balaban J connectivity index is 0.000000147. The zero-order valence-corrected chi connectivity index (χ0v) is 19.2. The number of benzene rings is 2. The number of hydrogen-bond donors (Lipinski definition) is 0. The second-order valence-electron chi connectivity index (χ2n) is 9.11. The SMILES string of the molecule is CC(C)c1ccc2c(c1)c(C1CC1)nn2C.CCC(C)c1ccc2c(cnn2C)c1. The molecule has 1 unspecified atom stereocenters. The van der Waals surface area contributed by atoms with Gasteiger partial charge in [0.15, 0.2) is 0 Å². The molecule has 0 N–H and O–H groups in total. The van der Waals surface area contributed by atoms with Crippen LogP contribution in [0.15, 0.2) is 42.6 Å². The zero-order chi connectivity index (χ0) is 21.4. The highest BCUT2D eigenvalue weighted by atomic mass is 15.3. The van der Waals surface area contributed by atoms with E-state index < -0.39 is 0 Å². The summed E-state index contributed by atoms with van der Waals surface area (Å²) >= 11 is 0. The number of hydrogen-bond acceptors (Lipinski definition) is 2. The van der Waals surface area contributed by atoms with Crippen molar-refractivity contribution in [1.29, 1.82) is 0 Å². The zero-order valence-electron chi connectivity index (χ0n) is 19.2. The molecule has 0 bridgehead atoms. The van der Waals surface area contributed by atoms with Gasteiger partial charge in [0.2, 0.25) is 0 Å². The van der Waals surface area contributed by atoms with E-state index in [1.54, 1.807) is 0 Å². The van der Waals surface area contributed by atoms with Crippen LogP contribution in [-0.2, 0) is 14.1 Å². The van der Waals surface area contributed by atoms with Gasteiger partial charge in [-0.05, 0) is 66.5 Å². The largest absolute Gasteiger partial charge is 0.268 e. The maximum absolute atomic E-state index is 4.67. The number of nitrogens with zero attached hydrogens (tertiary/aromatic N) is 4. The lowest BCUT2D eigenvalue weighted by molar-refractivity contribution is 0.734. The molecule has 1 saturated carbocycles. The molecule has 0 spiro atoms. The third kappa shape index (κ3) is 4.00. The maximum Gasteiger partial charge on any atom is 0.0734 e. The Morgan fingerprint density at radius 1 is 0.933 bits per heavy atom. The molecule has 30 heavy (non-hydrogen) atoms. The average molecular weight is 403 g/mol. The fraction of sp³-hybridized carbons (Fsp3) is 0.462. The molecular formula is C26H34N4. The number of aromatic nitrogens is 4. The predicted octanol–water partition coefficient (Wildman–Crippen LogP) is 6.66. The summed E-state index contributed by atoms with van der Waals surface area (Å²) < 4.78 is 3.93. The first-order chi connectivity index (χ1) is 14.4. The summed E-state index contributed by atoms with van der Waals surface area (Å²) in [7, 11) is 4.02. The quantitative estimate of drug-likeness (QED) is 0.382. The van der Waals surface area contributed by atoms with Crippen molar-refractivity contribution in [3.8, 4) is 0 Å². The second kappa shape index (κ2) is 8.25. The number of rotatable bonds is 4. The maximum atomic E-state index is 4.67. The van der Waals surface area contributed by atoms with Gasteiger partial charge in [0.1, 0.15) is 0 Å². The summed E-state index contributed by atoms with van der Waals surface area (Å²) in [5.74, 6) is 1.96. The van der Waals surface area contributed by atoms with E-state index in [1.807, 2.05) is 29.7 Å². The molecule has 5 rings (SSSR count). The van der Waals surface area contributed by atoms with Gasteiger partial charge in [-0.15, -0.1) is 0 Å². The standard InChI is InChI=1S/C14H18N2.C12H16N2/c1-9(2)11-6-7-13-12(8-11)14(10-4-5-10)15-16(13)3;1-4-9(2)10-5-6-12-11(7-10)8-13-14(12)3/h6-10H,4-5H2,1-3H3;5-9H,4H2,1-3H3. The average Bonchev–Trinajstić information content (AvgIpc) is 3.46. The first kappa shape index (κ1) is 20.6. The topological polar surface area (TPSA) is 35.6 Å². The van der Waals surface area contributed by atoms with E-state index in [0.717, 1.165) is 5.92 Å². The highest BCUT2D eigenvalue weighted by molar-refractivity contribution is 5.83. The van der Waals surface area contributed by atoms with Crippen LogP contribution in [0, 0.1) is 0 Å². The van der Waals surface area contributed by atoms with Crippen molar-refractivity contribution >= 4 is 21.8 Å². The molecule has 1 aliphatic carbocycles. The van der Waals surface area contributed by atoms with Crippen LogP contribution in [0.4, 0.5) is 0 Å². The van der Waals surface area contributed by atoms with Crippen molar-refractivity contribution in [2.45, 2.75) is 64.7 Å². The molecule has 0 aliphatic heterocycles. The monoisotopic (exact) mass is 402 g/mol. The molecule has 2 heterocycles. The number of aryl methyl sites for hydroxylation is 2. The predicted molar refractivity (Wildman–Crippen MR) is 126 cm³/mol. The van der Waals surface area contributed by atoms with E-state index in [-0.39, 0.29) is 0 Å². The molecule has 0 saturated heterocycles. The van der Waals surface area contributed by atoms with E-state index in [1.165, 1.54) is 57.9 Å². The van der Waals surface area contributed by atoms with E-state index in [2.05, 4.69) is 74.3 Å². The Morgan fingerprint density at radius 2 is 1.63 bits per heavy atom. The first-order valence-corrected chi connectivity index (χ1v) is 11.3. The summed E-state index contributed by atoms with van der Waals surface area (Å²) in [6.07, 6.45) is 5.75. The van der Waals surface area contributed by atoms with E-state index in [4.69, 9.17) is 0 Å². The van der Waals surface area contributed by atoms with Crippen LogP contribution in [0.3, 0.4) is 0 Å². The lowest BCUT2D eigenvalue weighted by atomic mass is 9.98. The Kier molecular flexibility index (Phi) is 5.68. The van der Waals surface area contributed by atoms with Gasteiger partial charge in [0.25, 0.3) is 0 Å². The molecule has 4 heteroatoms. The molecule has 2 aromatic heterocycles. The molecule has 1 atom stereocenters. The van der Waals surface area contributed by atoms with Gasteiger partial charge in [-0.3, -0.25) is 9.36 Å². The van der Waals surface area contributed by atoms with E-state index >= 15 is 0 Å². The van der Waals surface area contributed by atoms with Gasteiger partial charge >= 0.3 is 0 Å².